The van der Waals surface area contributed by atoms with Gasteiger partial charge in [-0.1, -0.05) is 109 Å². The fourth-order valence-electron chi connectivity index (χ4n) is 5.09. The van der Waals surface area contributed by atoms with Gasteiger partial charge in [0.05, 0.1) is 6.10 Å². The van der Waals surface area contributed by atoms with E-state index in [9.17, 15) is 14.4 Å². The summed E-state index contributed by atoms with van der Waals surface area (Å²) in [7, 11) is 0. The summed E-state index contributed by atoms with van der Waals surface area (Å²) in [5.41, 5.74) is 8.59. The highest BCUT2D eigenvalue weighted by atomic mass is 16.4. The van der Waals surface area contributed by atoms with Gasteiger partial charge >= 0.3 is 5.97 Å². The molecule has 0 saturated heterocycles. The SMILES string of the molecule is CC1=C(C/C=C(\C)CCC[C@H](C)CCC[C@H](C)CCCC(C)C)C(=O)c2ccccc2C1=O.C[C@@H](O)[C@H](N)C(=O)O. The molecule has 2 rings (SSSR count). The molecule has 1 aromatic carbocycles. The lowest BCUT2D eigenvalue weighted by molar-refractivity contribution is -0.140. The largest absolute Gasteiger partial charge is 0.480 e. The quantitative estimate of drug-likeness (QED) is 0.174. The van der Waals surface area contributed by atoms with Crippen LogP contribution in [0.25, 0.3) is 0 Å². The van der Waals surface area contributed by atoms with Crippen molar-refractivity contribution in [2.45, 2.75) is 125 Å². The van der Waals surface area contributed by atoms with Gasteiger partial charge in [-0.05, 0) is 57.8 Å². The molecule has 1 aliphatic rings. The number of hydrogen-bond acceptors (Lipinski definition) is 5. The van der Waals surface area contributed by atoms with E-state index in [0.29, 0.717) is 28.7 Å². The van der Waals surface area contributed by atoms with E-state index in [4.69, 9.17) is 15.9 Å². The van der Waals surface area contributed by atoms with Crippen LogP contribution in [-0.4, -0.2) is 39.9 Å². The topological polar surface area (TPSA) is 118 Å². The summed E-state index contributed by atoms with van der Waals surface area (Å²) in [5.74, 6) is 1.30. The van der Waals surface area contributed by atoms with Crippen molar-refractivity contribution in [1.82, 2.24) is 0 Å². The molecule has 0 aliphatic heterocycles. The Balaban J connectivity index is 0.000000915. The van der Waals surface area contributed by atoms with Gasteiger partial charge in [-0.3, -0.25) is 14.4 Å². The number of aliphatic carboxylic acids is 1. The number of allylic oxidation sites excluding steroid dienone is 4. The number of aliphatic hydroxyl groups excluding tert-OH is 1. The van der Waals surface area contributed by atoms with Gasteiger partial charge in [0.2, 0.25) is 0 Å². The molecule has 6 nitrogen and oxygen atoms in total. The fraction of sp³-hybridized carbons (Fsp3) is 0.629. The Morgan fingerprint density at radius 2 is 1.34 bits per heavy atom. The number of Topliss-reactive ketones (excluding diaryl/α,β-unsaturated/α-hetero) is 2. The van der Waals surface area contributed by atoms with Gasteiger partial charge < -0.3 is 15.9 Å². The van der Waals surface area contributed by atoms with Gasteiger partial charge in [0, 0.05) is 22.3 Å². The van der Waals surface area contributed by atoms with Crippen LogP contribution in [0.1, 0.15) is 133 Å². The number of carbonyl (C=O) groups excluding carboxylic acids is 2. The van der Waals surface area contributed by atoms with E-state index in [0.717, 1.165) is 24.2 Å². The molecule has 4 atom stereocenters. The fourth-order valence-corrected chi connectivity index (χ4v) is 5.09. The van der Waals surface area contributed by atoms with E-state index in [2.05, 4.69) is 40.7 Å². The van der Waals surface area contributed by atoms with Gasteiger partial charge in [-0.2, -0.15) is 0 Å². The van der Waals surface area contributed by atoms with Crippen molar-refractivity contribution in [2.24, 2.45) is 23.5 Å². The molecule has 0 bridgehead atoms. The molecular weight excluding hydrogens is 514 g/mol. The predicted octanol–water partition coefficient (Wildman–Crippen LogP) is 7.94. The molecule has 0 saturated carbocycles. The molecule has 0 unspecified atom stereocenters. The Hall–Kier alpha value is -2.57. The number of ketones is 2. The average Bonchev–Trinajstić information content (AvgIpc) is 2.91. The van der Waals surface area contributed by atoms with Crippen LogP contribution >= 0.6 is 0 Å². The number of fused-ring (bicyclic) bond motifs is 1. The first-order valence-corrected chi connectivity index (χ1v) is 15.5. The van der Waals surface area contributed by atoms with E-state index in [1.807, 2.05) is 12.1 Å². The molecule has 6 heteroatoms. The first kappa shape index (κ1) is 36.5. The molecule has 0 aromatic heterocycles. The van der Waals surface area contributed by atoms with Crippen LogP contribution in [0.15, 0.2) is 47.1 Å². The second kappa shape index (κ2) is 18.8. The Morgan fingerprint density at radius 3 is 1.80 bits per heavy atom. The minimum atomic E-state index is -1.18. The van der Waals surface area contributed by atoms with Crippen molar-refractivity contribution in [3.05, 3.63) is 58.2 Å². The van der Waals surface area contributed by atoms with E-state index in [-0.39, 0.29) is 11.6 Å². The maximum absolute atomic E-state index is 12.9. The van der Waals surface area contributed by atoms with Crippen LogP contribution in [0, 0.1) is 17.8 Å². The standard InChI is InChI=1S/C31H46O2.C4H9NO3/c1-22(2)12-9-13-23(3)14-10-15-24(4)16-11-17-25(5)20-21-27-26(6)30(32)28-18-7-8-19-29(28)31(27)33;1-2(6)3(5)4(7)8/h7-8,18-20,22-24H,9-17,21H2,1-6H3;2-3,6H,5H2,1H3,(H,7,8)/b25-20+;/t23-,24-;2-,3+/m11/s1. The number of aliphatic hydroxyl groups is 1. The summed E-state index contributed by atoms with van der Waals surface area (Å²) in [6.07, 6.45) is 13.4. The number of benzene rings is 1. The maximum Gasteiger partial charge on any atom is 0.323 e. The predicted molar refractivity (Wildman–Crippen MR) is 168 cm³/mol. The van der Waals surface area contributed by atoms with Crippen molar-refractivity contribution in [2.75, 3.05) is 0 Å². The maximum atomic E-state index is 12.9. The number of carboxylic acid groups (broad SMARTS) is 1. The van der Waals surface area contributed by atoms with Crippen LogP contribution in [0.5, 0.6) is 0 Å². The van der Waals surface area contributed by atoms with Crippen LogP contribution in [0.3, 0.4) is 0 Å². The minimum Gasteiger partial charge on any atom is -0.480 e. The molecule has 0 fully saturated rings. The molecule has 0 radical (unpaired) electrons. The third-order valence-electron chi connectivity index (χ3n) is 8.08. The lowest BCUT2D eigenvalue weighted by Gasteiger charge is -2.18. The van der Waals surface area contributed by atoms with Gasteiger partial charge in [-0.25, -0.2) is 0 Å². The molecule has 0 spiro atoms. The summed E-state index contributed by atoms with van der Waals surface area (Å²) < 4.78 is 0. The monoisotopic (exact) mass is 569 g/mol. The normalized spacial score (nSPS) is 16.6. The zero-order valence-electron chi connectivity index (χ0n) is 26.5. The van der Waals surface area contributed by atoms with Crippen molar-refractivity contribution in [3.63, 3.8) is 0 Å². The Labute approximate surface area is 248 Å². The molecule has 1 aliphatic carbocycles. The molecule has 230 valence electrons. The lowest BCUT2D eigenvalue weighted by atomic mass is 9.83. The van der Waals surface area contributed by atoms with E-state index >= 15 is 0 Å². The third kappa shape index (κ3) is 13.3. The first-order chi connectivity index (χ1) is 19.3. The average molecular weight is 570 g/mol. The summed E-state index contributed by atoms with van der Waals surface area (Å²) in [6, 6.07) is 6.02. The van der Waals surface area contributed by atoms with Gasteiger partial charge in [0.25, 0.3) is 0 Å². The third-order valence-corrected chi connectivity index (χ3v) is 8.08. The molecule has 41 heavy (non-hydrogen) atoms. The van der Waals surface area contributed by atoms with Crippen molar-refractivity contribution in [3.8, 4) is 0 Å². The van der Waals surface area contributed by atoms with Crippen molar-refractivity contribution >= 4 is 17.5 Å². The molecule has 1 aromatic rings. The van der Waals surface area contributed by atoms with E-state index < -0.39 is 18.1 Å². The highest BCUT2D eigenvalue weighted by Crippen LogP contribution is 2.29. The van der Waals surface area contributed by atoms with Gasteiger partial charge in [0.15, 0.2) is 11.6 Å². The molecule has 0 heterocycles. The Morgan fingerprint density at radius 1 is 0.854 bits per heavy atom. The number of rotatable bonds is 16. The summed E-state index contributed by atoms with van der Waals surface area (Å²) in [4.78, 5) is 35.4. The zero-order valence-corrected chi connectivity index (χ0v) is 26.5. The summed E-state index contributed by atoms with van der Waals surface area (Å²) in [6.45, 7) is 14.7. The molecular formula is C35H55NO5. The van der Waals surface area contributed by atoms with E-state index in [1.165, 1.54) is 63.9 Å². The smallest absolute Gasteiger partial charge is 0.323 e. The van der Waals surface area contributed by atoms with Crippen molar-refractivity contribution in [1.29, 1.82) is 0 Å². The zero-order chi connectivity index (χ0) is 31.1. The number of hydrogen-bond donors (Lipinski definition) is 3. The number of carbonyl (C=O) groups is 3. The first-order valence-electron chi connectivity index (χ1n) is 15.5. The van der Waals surface area contributed by atoms with Crippen LogP contribution < -0.4 is 5.73 Å². The molecule has 4 N–H and O–H groups in total. The number of nitrogens with two attached hydrogens (primary N) is 1. The molecule has 0 amide bonds. The van der Waals surface area contributed by atoms with Crippen LogP contribution in [0.4, 0.5) is 0 Å². The second-order valence-corrected chi connectivity index (χ2v) is 12.5. The highest BCUT2D eigenvalue weighted by Gasteiger charge is 2.28. The van der Waals surface area contributed by atoms with E-state index in [1.54, 1.807) is 19.1 Å². The second-order valence-electron chi connectivity index (χ2n) is 12.5. The van der Waals surface area contributed by atoms with Crippen LogP contribution in [0.2, 0.25) is 0 Å². The Kier molecular flexibility index (Phi) is 16.7. The summed E-state index contributed by atoms with van der Waals surface area (Å²) >= 11 is 0. The van der Waals surface area contributed by atoms with Gasteiger partial charge in [0.1, 0.15) is 6.04 Å². The summed E-state index contributed by atoms with van der Waals surface area (Å²) in [5, 5.41) is 16.6. The number of carboxylic acids is 1. The highest BCUT2D eigenvalue weighted by molar-refractivity contribution is 6.26. The Bertz CT molecular complexity index is 1050. The minimum absolute atomic E-state index is 0.00526. The lowest BCUT2D eigenvalue weighted by Crippen LogP contribution is -2.39. The van der Waals surface area contributed by atoms with Gasteiger partial charge in [-0.15, -0.1) is 0 Å². The van der Waals surface area contributed by atoms with Crippen LogP contribution in [-0.2, 0) is 4.79 Å². The van der Waals surface area contributed by atoms with Crippen molar-refractivity contribution < 1.29 is 24.6 Å².